The summed E-state index contributed by atoms with van der Waals surface area (Å²) >= 11 is 0.993. The molecule has 0 aliphatic heterocycles. The molecule has 0 saturated carbocycles. The van der Waals surface area contributed by atoms with Crippen molar-refractivity contribution in [3.8, 4) is 5.69 Å². The second kappa shape index (κ2) is 6.56. The average molecular weight is 386 g/mol. The Hall–Kier alpha value is -2.69. The summed E-state index contributed by atoms with van der Waals surface area (Å²) < 4.78 is 38.1. The number of benzene rings is 2. The molecule has 132 valence electrons. The predicted octanol–water partition coefficient (Wildman–Crippen LogP) is 2.31. The molecule has 4 rings (SSSR count). The van der Waals surface area contributed by atoms with E-state index in [1.165, 1.54) is 12.4 Å². The zero-order chi connectivity index (χ0) is 18.1. The number of nitrogens with one attached hydrogen (secondary N) is 1. The number of sulfonamides is 1. The summed E-state index contributed by atoms with van der Waals surface area (Å²) in [4.78, 5) is 4.04. The van der Waals surface area contributed by atoms with Gasteiger partial charge < -0.3 is 0 Å². The van der Waals surface area contributed by atoms with Gasteiger partial charge in [-0.25, -0.2) is 22.8 Å². The van der Waals surface area contributed by atoms with Gasteiger partial charge in [-0.05, 0) is 36.8 Å². The molecule has 26 heavy (non-hydrogen) atoms. The maximum Gasteiger partial charge on any atom is 0.243 e. The second-order valence-electron chi connectivity index (χ2n) is 5.66. The molecule has 2 aromatic heterocycles. The summed E-state index contributed by atoms with van der Waals surface area (Å²) in [5, 5.41) is 4.07. The number of hydrogen-bond acceptors (Lipinski definition) is 7. The van der Waals surface area contributed by atoms with Crippen LogP contribution >= 0.6 is 11.7 Å². The van der Waals surface area contributed by atoms with Crippen molar-refractivity contribution in [2.24, 2.45) is 0 Å². The van der Waals surface area contributed by atoms with E-state index in [9.17, 15) is 8.42 Å². The first-order chi connectivity index (χ1) is 12.5. The van der Waals surface area contributed by atoms with Gasteiger partial charge in [0.15, 0.2) is 0 Å². The van der Waals surface area contributed by atoms with Crippen LogP contribution in [0, 0.1) is 0 Å². The van der Waals surface area contributed by atoms with Gasteiger partial charge in [-0.3, -0.25) is 0 Å². The summed E-state index contributed by atoms with van der Waals surface area (Å²) in [6, 6.07) is 12.0. The van der Waals surface area contributed by atoms with Crippen LogP contribution in [-0.4, -0.2) is 31.9 Å². The Morgan fingerprint density at radius 1 is 1.12 bits per heavy atom. The number of aromatic nitrogens is 5. The van der Waals surface area contributed by atoms with Gasteiger partial charge in [0.05, 0.1) is 17.4 Å². The lowest BCUT2D eigenvalue weighted by atomic mass is 10.1. The topological polar surface area (TPSA) is 103 Å². The molecule has 0 spiro atoms. The van der Waals surface area contributed by atoms with E-state index in [0.29, 0.717) is 11.0 Å². The molecular formula is C16H14N6O2S2. The molecule has 2 aromatic carbocycles. The summed E-state index contributed by atoms with van der Waals surface area (Å²) in [6.45, 7) is 1.79. The number of hydrogen-bond donors (Lipinski definition) is 1. The normalized spacial score (nSPS) is 13.1. The van der Waals surface area contributed by atoms with Crippen LogP contribution < -0.4 is 4.72 Å². The Labute approximate surface area is 153 Å². The molecule has 0 unspecified atom stereocenters. The molecule has 0 bridgehead atoms. The lowest BCUT2D eigenvalue weighted by Crippen LogP contribution is -2.27. The summed E-state index contributed by atoms with van der Waals surface area (Å²) in [5.41, 5.74) is 2.64. The van der Waals surface area contributed by atoms with Gasteiger partial charge in [0.25, 0.3) is 0 Å². The van der Waals surface area contributed by atoms with Crippen LogP contribution in [0.4, 0.5) is 0 Å². The quantitative estimate of drug-likeness (QED) is 0.565. The molecule has 2 heterocycles. The highest BCUT2D eigenvalue weighted by Gasteiger charge is 2.22. The Bertz CT molecular complexity index is 1140. The van der Waals surface area contributed by atoms with E-state index >= 15 is 0 Å². The first-order valence-corrected chi connectivity index (χ1v) is 9.94. The number of nitrogens with zero attached hydrogens (tertiary/aromatic N) is 5. The highest BCUT2D eigenvalue weighted by Crippen LogP contribution is 2.23. The van der Waals surface area contributed by atoms with Crippen molar-refractivity contribution >= 4 is 32.8 Å². The van der Waals surface area contributed by atoms with Crippen LogP contribution in [0.5, 0.6) is 0 Å². The molecule has 10 heteroatoms. The van der Waals surface area contributed by atoms with E-state index in [-0.39, 0.29) is 4.90 Å². The van der Waals surface area contributed by atoms with Crippen LogP contribution in [0.25, 0.3) is 16.7 Å². The zero-order valence-electron chi connectivity index (χ0n) is 13.6. The zero-order valence-corrected chi connectivity index (χ0v) is 15.3. The molecule has 8 nitrogen and oxygen atoms in total. The molecule has 0 fully saturated rings. The van der Waals surface area contributed by atoms with Crippen LogP contribution in [0.1, 0.15) is 18.5 Å². The van der Waals surface area contributed by atoms with E-state index < -0.39 is 16.1 Å². The molecule has 0 aliphatic carbocycles. The van der Waals surface area contributed by atoms with Crippen molar-refractivity contribution < 1.29 is 8.42 Å². The first kappa shape index (κ1) is 16.8. The van der Waals surface area contributed by atoms with E-state index in [2.05, 4.69) is 23.6 Å². The minimum absolute atomic E-state index is 0.134. The van der Waals surface area contributed by atoms with Gasteiger partial charge >= 0.3 is 0 Å². The third kappa shape index (κ3) is 3.09. The minimum atomic E-state index is -3.73. The summed E-state index contributed by atoms with van der Waals surface area (Å²) in [7, 11) is -3.73. The summed E-state index contributed by atoms with van der Waals surface area (Å²) in [6.07, 6.45) is 3.06. The third-order valence-electron chi connectivity index (χ3n) is 3.95. The molecule has 0 aliphatic rings. The Kier molecular flexibility index (Phi) is 4.23. The van der Waals surface area contributed by atoms with Gasteiger partial charge in [0.1, 0.15) is 28.6 Å². The largest absolute Gasteiger partial charge is 0.243 e. The van der Waals surface area contributed by atoms with Crippen molar-refractivity contribution in [2.45, 2.75) is 17.9 Å². The average Bonchev–Trinajstić information content (AvgIpc) is 3.32. The molecule has 0 amide bonds. The molecule has 0 radical (unpaired) electrons. The number of rotatable bonds is 5. The molecule has 1 atom stereocenters. The highest BCUT2D eigenvalue weighted by molar-refractivity contribution is 7.89. The van der Waals surface area contributed by atoms with E-state index in [1.54, 1.807) is 30.1 Å². The Morgan fingerprint density at radius 3 is 2.65 bits per heavy atom. The standard InChI is InChI=1S/C16H14N6O2S2/c1-11(12-5-7-13(8-6-12)22-10-17-9-18-22)21-26(23,24)15-4-2-3-14-16(15)20-25-19-14/h2-11,21H,1H3/t11-/m1/s1. The van der Waals surface area contributed by atoms with Gasteiger partial charge in [-0.1, -0.05) is 18.2 Å². The fraction of sp³-hybridized carbons (Fsp3) is 0.125. The highest BCUT2D eigenvalue weighted by atomic mass is 32.2. The fourth-order valence-corrected chi connectivity index (χ4v) is 4.62. The first-order valence-electron chi connectivity index (χ1n) is 7.73. The monoisotopic (exact) mass is 386 g/mol. The van der Waals surface area contributed by atoms with E-state index in [4.69, 9.17) is 0 Å². The van der Waals surface area contributed by atoms with Crippen molar-refractivity contribution in [3.05, 3.63) is 60.7 Å². The van der Waals surface area contributed by atoms with Crippen LogP contribution in [-0.2, 0) is 10.0 Å². The maximum atomic E-state index is 12.8. The predicted molar refractivity (Wildman–Crippen MR) is 97.5 cm³/mol. The third-order valence-corrected chi connectivity index (χ3v) is 6.06. The molecule has 1 N–H and O–H groups in total. The van der Waals surface area contributed by atoms with Gasteiger partial charge in [-0.15, -0.1) is 0 Å². The number of fused-ring (bicyclic) bond motifs is 1. The maximum absolute atomic E-state index is 12.8. The van der Waals surface area contributed by atoms with Crippen LogP contribution in [0.3, 0.4) is 0 Å². The van der Waals surface area contributed by atoms with E-state index in [1.807, 2.05) is 24.3 Å². The SMILES string of the molecule is C[C@@H](NS(=O)(=O)c1cccc2nsnc12)c1ccc(-n2cncn2)cc1. The van der Waals surface area contributed by atoms with Gasteiger partial charge in [-0.2, -0.15) is 13.8 Å². The van der Waals surface area contributed by atoms with Crippen molar-refractivity contribution in [3.63, 3.8) is 0 Å². The summed E-state index contributed by atoms with van der Waals surface area (Å²) in [5.74, 6) is 0. The van der Waals surface area contributed by atoms with Gasteiger partial charge in [0, 0.05) is 6.04 Å². The van der Waals surface area contributed by atoms with Crippen LogP contribution in [0.15, 0.2) is 60.0 Å². The Morgan fingerprint density at radius 2 is 1.92 bits per heavy atom. The smallest absolute Gasteiger partial charge is 0.223 e. The van der Waals surface area contributed by atoms with Crippen molar-refractivity contribution in [1.29, 1.82) is 0 Å². The van der Waals surface area contributed by atoms with Crippen molar-refractivity contribution in [2.75, 3.05) is 0 Å². The lowest BCUT2D eigenvalue weighted by Gasteiger charge is -2.15. The lowest BCUT2D eigenvalue weighted by molar-refractivity contribution is 0.567. The van der Waals surface area contributed by atoms with Crippen LogP contribution in [0.2, 0.25) is 0 Å². The van der Waals surface area contributed by atoms with Gasteiger partial charge in [0.2, 0.25) is 10.0 Å². The molecule has 0 saturated heterocycles. The minimum Gasteiger partial charge on any atom is -0.223 e. The van der Waals surface area contributed by atoms with E-state index in [0.717, 1.165) is 23.0 Å². The molecule has 4 aromatic rings. The Balaban J connectivity index is 1.59. The van der Waals surface area contributed by atoms with Crippen molar-refractivity contribution in [1.82, 2.24) is 28.2 Å². The second-order valence-corrected chi connectivity index (χ2v) is 7.87. The fourth-order valence-electron chi connectivity index (χ4n) is 2.62. The molecular weight excluding hydrogens is 372 g/mol.